The summed E-state index contributed by atoms with van der Waals surface area (Å²) in [5, 5.41) is 3.62. The summed E-state index contributed by atoms with van der Waals surface area (Å²) < 4.78 is 0. The first-order chi connectivity index (χ1) is 7.36. The average Bonchev–Trinajstić information content (AvgIpc) is 2.74. The molecule has 2 rings (SSSR count). The van der Waals surface area contributed by atoms with Crippen molar-refractivity contribution < 1.29 is 0 Å². The molecule has 1 aromatic heterocycles. The highest BCUT2D eigenvalue weighted by Crippen LogP contribution is 2.16. The average molecular weight is 222 g/mol. The Morgan fingerprint density at radius 2 is 2.53 bits per heavy atom. The Morgan fingerprint density at radius 3 is 3.27 bits per heavy atom. The van der Waals surface area contributed by atoms with Gasteiger partial charge < -0.3 is 5.32 Å². The summed E-state index contributed by atoms with van der Waals surface area (Å²) in [6.45, 7) is 3.23. The second-order valence-electron chi connectivity index (χ2n) is 4.07. The molecule has 0 radical (unpaired) electrons. The van der Waals surface area contributed by atoms with E-state index in [1.54, 1.807) is 0 Å². The third-order valence-corrected chi connectivity index (χ3v) is 4.06. The molecule has 1 atom stereocenters. The number of hydrogen-bond donors (Lipinski definition) is 1. The van der Waals surface area contributed by atoms with E-state index >= 15 is 0 Å². The molecule has 2 nitrogen and oxygen atoms in total. The number of aromatic nitrogens is 1. The van der Waals surface area contributed by atoms with E-state index in [-0.39, 0.29) is 0 Å². The van der Waals surface area contributed by atoms with Gasteiger partial charge in [-0.3, -0.25) is 4.98 Å². The second-order valence-corrected chi connectivity index (χ2v) is 5.22. The van der Waals surface area contributed by atoms with E-state index in [0.717, 1.165) is 19.0 Å². The van der Waals surface area contributed by atoms with Gasteiger partial charge in [0.05, 0.1) is 0 Å². The van der Waals surface area contributed by atoms with Crippen LogP contribution in [0.4, 0.5) is 0 Å². The fourth-order valence-electron chi connectivity index (χ4n) is 1.89. The Bertz CT molecular complexity index is 308. The van der Waals surface area contributed by atoms with Crippen LogP contribution in [0.3, 0.4) is 0 Å². The number of pyridine rings is 1. The number of nitrogens with one attached hydrogen (secondary N) is 1. The van der Waals surface area contributed by atoms with Crippen molar-refractivity contribution in [2.24, 2.45) is 0 Å². The molecule has 0 aromatic carbocycles. The summed E-state index contributed by atoms with van der Waals surface area (Å²) in [5.74, 6) is 2.61. The Kier molecular flexibility index (Phi) is 4.03. The van der Waals surface area contributed by atoms with Gasteiger partial charge in [-0.15, -0.1) is 0 Å². The molecule has 0 aliphatic carbocycles. The van der Waals surface area contributed by atoms with Gasteiger partial charge in [-0.1, -0.05) is 0 Å². The molecular formula is C12H18N2S. The second kappa shape index (κ2) is 5.52. The van der Waals surface area contributed by atoms with Crippen molar-refractivity contribution in [3.05, 3.63) is 29.6 Å². The summed E-state index contributed by atoms with van der Waals surface area (Å²) in [6.07, 6.45) is 6.28. The zero-order valence-electron chi connectivity index (χ0n) is 9.20. The van der Waals surface area contributed by atoms with Crippen molar-refractivity contribution in [3.63, 3.8) is 0 Å². The molecule has 0 bridgehead atoms. The Balaban J connectivity index is 1.75. The van der Waals surface area contributed by atoms with Crippen molar-refractivity contribution in [2.45, 2.75) is 25.8 Å². The first-order valence-electron chi connectivity index (χ1n) is 5.57. The van der Waals surface area contributed by atoms with Gasteiger partial charge in [0.15, 0.2) is 0 Å². The molecular weight excluding hydrogens is 204 g/mol. The van der Waals surface area contributed by atoms with Gasteiger partial charge in [-0.2, -0.15) is 11.8 Å². The molecule has 1 aromatic rings. The predicted octanol–water partition coefficient (Wildman–Crippen LogP) is 2.03. The fraction of sp³-hybridized carbons (Fsp3) is 0.583. The number of nitrogens with zero attached hydrogens (tertiary/aromatic N) is 1. The maximum Gasteiger partial charge on any atom is 0.0299 e. The molecule has 0 spiro atoms. The molecule has 1 saturated heterocycles. The molecule has 15 heavy (non-hydrogen) atoms. The van der Waals surface area contributed by atoms with Crippen LogP contribution >= 0.6 is 11.8 Å². The normalized spacial score (nSPS) is 20.7. The molecule has 2 heterocycles. The van der Waals surface area contributed by atoms with Crippen LogP contribution in [0.5, 0.6) is 0 Å². The number of hydrogen-bond acceptors (Lipinski definition) is 3. The lowest BCUT2D eigenvalue weighted by Gasteiger charge is -2.11. The van der Waals surface area contributed by atoms with E-state index < -0.39 is 0 Å². The van der Waals surface area contributed by atoms with Gasteiger partial charge in [0.1, 0.15) is 0 Å². The molecule has 82 valence electrons. The molecule has 3 heteroatoms. The summed E-state index contributed by atoms with van der Waals surface area (Å²) in [7, 11) is 0. The SMILES string of the molecule is Cc1cnccc1CCNC1CCSC1. The van der Waals surface area contributed by atoms with Crippen LogP contribution in [0.2, 0.25) is 0 Å². The van der Waals surface area contributed by atoms with Gasteiger partial charge in [-0.25, -0.2) is 0 Å². The molecule has 0 amide bonds. The van der Waals surface area contributed by atoms with Gasteiger partial charge in [0.25, 0.3) is 0 Å². The summed E-state index contributed by atoms with van der Waals surface area (Å²) in [5.41, 5.74) is 2.73. The van der Waals surface area contributed by atoms with Crippen molar-refractivity contribution in [2.75, 3.05) is 18.1 Å². The maximum absolute atomic E-state index is 4.11. The van der Waals surface area contributed by atoms with Gasteiger partial charge in [0, 0.05) is 24.2 Å². The number of thioether (sulfide) groups is 1. The standard InChI is InChI=1S/C12H18N2S/c1-10-8-13-5-2-11(10)3-6-14-12-4-7-15-9-12/h2,5,8,12,14H,3-4,6-7,9H2,1H3. The zero-order valence-corrected chi connectivity index (χ0v) is 10.0. The minimum absolute atomic E-state index is 0.747. The van der Waals surface area contributed by atoms with Crippen molar-refractivity contribution in [3.8, 4) is 0 Å². The minimum atomic E-state index is 0.747. The first kappa shape index (κ1) is 11.0. The highest BCUT2D eigenvalue weighted by Gasteiger charge is 2.13. The highest BCUT2D eigenvalue weighted by molar-refractivity contribution is 7.99. The smallest absolute Gasteiger partial charge is 0.0299 e. The quantitative estimate of drug-likeness (QED) is 0.844. The largest absolute Gasteiger partial charge is 0.313 e. The molecule has 1 aliphatic heterocycles. The molecule has 1 fully saturated rings. The molecule has 0 saturated carbocycles. The number of rotatable bonds is 4. The lowest BCUT2D eigenvalue weighted by molar-refractivity contribution is 0.560. The van der Waals surface area contributed by atoms with Crippen molar-refractivity contribution in [1.29, 1.82) is 0 Å². The summed E-state index contributed by atoms with van der Waals surface area (Å²) in [4.78, 5) is 4.11. The van der Waals surface area contributed by atoms with Gasteiger partial charge in [-0.05, 0) is 49.3 Å². The third-order valence-electron chi connectivity index (χ3n) is 2.89. The number of aryl methyl sites for hydroxylation is 1. The fourth-order valence-corrected chi connectivity index (χ4v) is 3.08. The Labute approximate surface area is 95.9 Å². The van der Waals surface area contributed by atoms with Crippen LogP contribution in [0.15, 0.2) is 18.5 Å². The Morgan fingerprint density at radius 1 is 1.60 bits per heavy atom. The minimum Gasteiger partial charge on any atom is -0.313 e. The van der Waals surface area contributed by atoms with E-state index in [1.807, 2.05) is 12.4 Å². The topological polar surface area (TPSA) is 24.9 Å². The summed E-state index contributed by atoms with van der Waals surface area (Å²) in [6, 6.07) is 2.87. The van der Waals surface area contributed by atoms with Crippen molar-refractivity contribution in [1.82, 2.24) is 10.3 Å². The summed E-state index contributed by atoms with van der Waals surface area (Å²) >= 11 is 2.06. The first-order valence-corrected chi connectivity index (χ1v) is 6.72. The molecule has 1 aliphatic rings. The van der Waals surface area contributed by atoms with Crippen LogP contribution in [-0.4, -0.2) is 29.1 Å². The van der Waals surface area contributed by atoms with E-state index in [2.05, 4.69) is 35.1 Å². The van der Waals surface area contributed by atoms with Crippen LogP contribution in [0.25, 0.3) is 0 Å². The van der Waals surface area contributed by atoms with E-state index in [0.29, 0.717) is 0 Å². The molecule has 1 N–H and O–H groups in total. The van der Waals surface area contributed by atoms with Crippen LogP contribution in [0, 0.1) is 6.92 Å². The predicted molar refractivity (Wildman–Crippen MR) is 66.4 cm³/mol. The lowest BCUT2D eigenvalue weighted by atomic mass is 10.1. The van der Waals surface area contributed by atoms with E-state index in [4.69, 9.17) is 0 Å². The third kappa shape index (κ3) is 3.21. The lowest BCUT2D eigenvalue weighted by Crippen LogP contribution is -2.30. The van der Waals surface area contributed by atoms with Crippen LogP contribution in [-0.2, 0) is 6.42 Å². The zero-order chi connectivity index (χ0) is 10.5. The monoisotopic (exact) mass is 222 g/mol. The Hall–Kier alpha value is -0.540. The highest BCUT2D eigenvalue weighted by atomic mass is 32.2. The van der Waals surface area contributed by atoms with Crippen LogP contribution < -0.4 is 5.32 Å². The van der Waals surface area contributed by atoms with Gasteiger partial charge in [0.2, 0.25) is 0 Å². The van der Waals surface area contributed by atoms with Crippen molar-refractivity contribution >= 4 is 11.8 Å². The maximum atomic E-state index is 4.11. The van der Waals surface area contributed by atoms with E-state index in [9.17, 15) is 0 Å². The van der Waals surface area contributed by atoms with E-state index in [1.165, 1.54) is 29.1 Å². The van der Waals surface area contributed by atoms with Crippen LogP contribution in [0.1, 0.15) is 17.5 Å². The molecule has 1 unspecified atom stereocenters. The van der Waals surface area contributed by atoms with Gasteiger partial charge >= 0.3 is 0 Å².